The molecule has 7 heteroatoms. The Bertz CT molecular complexity index is 562. The van der Waals surface area contributed by atoms with E-state index in [2.05, 4.69) is 0 Å². The van der Waals surface area contributed by atoms with Crippen molar-refractivity contribution in [3.63, 3.8) is 0 Å². The molecule has 0 fully saturated rings. The Morgan fingerprint density at radius 2 is 1.91 bits per heavy atom. The van der Waals surface area contributed by atoms with Gasteiger partial charge in [0.2, 0.25) is 0 Å². The molecule has 22 heavy (non-hydrogen) atoms. The second kappa shape index (κ2) is 8.97. The fourth-order valence-corrected chi connectivity index (χ4v) is 2.78. The van der Waals surface area contributed by atoms with E-state index in [4.69, 9.17) is 4.18 Å². The van der Waals surface area contributed by atoms with Gasteiger partial charge in [-0.3, -0.25) is 8.98 Å². The number of likely N-dealkylation sites (N-methyl/N-ethyl adjacent to an activating group) is 1. The van der Waals surface area contributed by atoms with Crippen molar-refractivity contribution in [1.29, 1.82) is 0 Å². The van der Waals surface area contributed by atoms with Crippen molar-refractivity contribution in [2.45, 2.75) is 31.3 Å². The van der Waals surface area contributed by atoms with Gasteiger partial charge in [0, 0.05) is 13.1 Å². The van der Waals surface area contributed by atoms with Crippen molar-refractivity contribution in [1.82, 2.24) is 4.90 Å². The summed E-state index contributed by atoms with van der Waals surface area (Å²) in [4.78, 5) is 12.8. The lowest BCUT2D eigenvalue weighted by Crippen LogP contribution is -2.31. The summed E-state index contributed by atoms with van der Waals surface area (Å²) in [6.07, 6.45) is -1.36. The van der Waals surface area contributed by atoms with Gasteiger partial charge in [-0.15, -0.1) is 0 Å². The predicted octanol–water partition coefficient (Wildman–Crippen LogP) is 2.03. The molecule has 0 heterocycles. The van der Waals surface area contributed by atoms with Crippen molar-refractivity contribution in [3.05, 3.63) is 30.3 Å². The van der Waals surface area contributed by atoms with Gasteiger partial charge in [-0.1, -0.05) is 25.1 Å². The van der Waals surface area contributed by atoms with Crippen LogP contribution >= 0.6 is 0 Å². The molecule has 1 unspecified atom stereocenters. The van der Waals surface area contributed by atoms with Gasteiger partial charge in [-0.2, -0.15) is 8.42 Å². The van der Waals surface area contributed by atoms with Crippen molar-refractivity contribution in [2.75, 3.05) is 26.2 Å². The summed E-state index contributed by atoms with van der Waals surface area (Å²) < 4.78 is 42.0. The zero-order valence-corrected chi connectivity index (χ0v) is 13.7. The van der Waals surface area contributed by atoms with Crippen LogP contribution in [0.25, 0.3) is 0 Å². The van der Waals surface area contributed by atoms with Crippen molar-refractivity contribution in [2.24, 2.45) is 0 Å². The van der Waals surface area contributed by atoms with Gasteiger partial charge >= 0.3 is 0 Å². The van der Waals surface area contributed by atoms with Crippen molar-refractivity contribution >= 4 is 15.9 Å². The van der Waals surface area contributed by atoms with Crippen LogP contribution in [0.4, 0.5) is 4.39 Å². The zero-order chi connectivity index (χ0) is 16.6. The smallest absolute Gasteiger partial charge is 0.297 e. The third-order valence-electron chi connectivity index (χ3n) is 3.26. The van der Waals surface area contributed by atoms with Crippen LogP contribution < -0.4 is 0 Å². The SMILES string of the molecule is CCN(CCOS(=O)(=O)c1ccccc1)CCC(F)C(C)=O. The number of Topliss-reactive ketones (excluding diaryl/α,β-unsaturated/α-hetero) is 1. The van der Waals surface area contributed by atoms with Crippen LogP contribution in [0.15, 0.2) is 35.2 Å². The first-order valence-corrected chi connectivity index (χ1v) is 8.59. The molecule has 0 saturated heterocycles. The highest BCUT2D eigenvalue weighted by molar-refractivity contribution is 7.86. The molecule has 0 saturated carbocycles. The zero-order valence-electron chi connectivity index (χ0n) is 12.9. The maximum Gasteiger partial charge on any atom is 0.297 e. The number of carbonyl (C=O) groups excluding carboxylic acids is 1. The van der Waals surface area contributed by atoms with E-state index in [-0.39, 0.29) is 17.9 Å². The molecule has 1 atom stereocenters. The lowest BCUT2D eigenvalue weighted by molar-refractivity contribution is -0.122. The molecule has 124 valence electrons. The Kier molecular flexibility index (Phi) is 7.64. The summed E-state index contributed by atoms with van der Waals surface area (Å²) >= 11 is 0. The number of rotatable bonds is 10. The number of nitrogens with zero attached hydrogens (tertiary/aromatic N) is 1. The predicted molar refractivity (Wildman–Crippen MR) is 81.9 cm³/mol. The minimum absolute atomic E-state index is 0.0118. The van der Waals surface area contributed by atoms with Gasteiger partial charge in [0.25, 0.3) is 10.1 Å². The van der Waals surface area contributed by atoms with Gasteiger partial charge in [-0.05, 0) is 32.0 Å². The molecule has 0 amide bonds. The third kappa shape index (κ3) is 6.21. The molecule has 5 nitrogen and oxygen atoms in total. The first-order chi connectivity index (χ1) is 10.4. The highest BCUT2D eigenvalue weighted by Crippen LogP contribution is 2.11. The molecule has 0 N–H and O–H groups in total. The first kappa shape index (κ1) is 18.7. The van der Waals surface area contributed by atoms with E-state index < -0.39 is 22.1 Å². The van der Waals surface area contributed by atoms with Gasteiger partial charge < -0.3 is 4.90 Å². The lowest BCUT2D eigenvalue weighted by Gasteiger charge is -2.20. The van der Waals surface area contributed by atoms with Gasteiger partial charge in [-0.25, -0.2) is 4.39 Å². The molecule has 0 bridgehead atoms. The molecule has 1 aromatic carbocycles. The van der Waals surface area contributed by atoms with E-state index in [9.17, 15) is 17.6 Å². The number of alkyl halides is 1. The first-order valence-electron chi connectivity index (χ1n) is 7.18. The normalized spacial score (nSPS) is 13.3. The van der Waals surface area contributed by atoms with Crippen LogP contribution in [0.1, 0.15) is 20.3 Å². The van der Waals surface area contributed by atoms with Crippen LogP contribution in [0.2, 0.25) is 0 Å². The van der Waals surface area contributed by atoms with E-state index >= 15 is 0 Å². The second-order valence-corrected chi connectivity index (χ2v) is 6.51. The molecule has 0 radical (unpaired) electrons. The minimum Gasteiger partial charge on any atom is -0.301 e. The molecule has 0 aromatic heterocycles. The van der Waals surface area contributed by atoms with Gasteiger partial charge in [0.1, 0.15) is 0 Å². The standard InChI is InChI=1S/C15H22FNO4S/c1-3-17(10-9-15(16)13(2)18)11-12-21-22(19,20)14-7-5-4-6-8-14/h4-8,15H,3,9-12H2,1-2H3. The molecular formula is C15H22FNO4S. The monoisotopic (exact) mass is 331 g/mol. The number of carbonyl (C=O) groups is 1. The number of halogens is 1. The van der Waals surface area contributed by atoms with Crippen LogP contribution in [-0.2, 0) is 19.1 Å². The molecule has 0 aliphatic heterocycles. The Morgan fingerprint density at radius 3 is 2.45 bits per heavy atom. The number of hydrogen-bond donors (Lipinski definition) is 0. The number of hydrogen-bond acceptors (Lipinski definition) is 5. The van der Waals surface area contributed by atoms with E-state index in [1.165, 1.54) is 19.1 Å². The average Bonchev–Trinajstić information content (AvgIpc) is 2.51. The van der Waals surface area contributed by atoms with Gasteiger partial charge in [0.15, 0.2) is 12.0 Å². The topological polar surface area (TPSA) is 63.7 Å². The van der Waals surface area contributed by atoms with Crippen LogP contribution in [0.3, 0.4) is 0 Å². The molecule has 0 spiro atoms. The molecule has 1 aromatic rings. The van der Waals surface area contributed by atoms with E-state index in [0.29, 0.717) is 19.6 Å². The van der Waals surface area contributed by atoms with Crippen molar-refractivity contribution in [3.8, 4) is 0 Å². The fourth-order valence-electron chi connectivity index (χ4n) is 1.86. The van der Waals surface area contributed by atoms with Crippen LogP contribution in [0.5, 0.6) is 0 Å². The largest absolute Gasteiger partial charge is 0.301 e. The van der Waals surface area contributed by atoms with Crippen LogP contribution in [0, 0.1) is 0 Å². The highest BCUT2D eigenvalue weighted by atomic mass is 32.2. The summed E-state index contributed by atoms with van der Waals surface area (Å²) in [5.41, 5.74) is 0. The lowest BCUT2D eigenvalue weighted by atomic mass is 10.2. The van der Waals surface area contributed by atoms with Crippen LogP contribution in [-0.4, -0.2) is 51.5 Å². The minimum atomic E-state index is -3.76. The summed E-state index contributed by atoms with van der Waals surface area (Å²) in [6, 6.07) is 7.90. The quantitative estimate of drug-likeness (QED) is 0.614. The molecule has 1 rings (SSSR count). The molecule has 0 aliphatic carbocycles. The highest BCUT2D eigenvalue weighted by Gasteiger charge is 2.16. The Balaban J connectivity index is 2.42. The average molecular weight is 331 g/mol. The summed E-state index contributed by atoms with van der Waals surface area (Å²) in [6.45, 7) is 4.45. The van der Waals surface area contributed by atoms with Gasteiger partial charge in [0.05, 0.1) is 11.5 Å². The van der Waals surface area contributed by atoms with E-state index in [1.807, 2.05) is 11.8 Å². The summed E-state index contributed by atoms with van der Waals surface area (Å²) in [7, 11) is -3.76. The molecule has 0 aliphatic rings. The third-order valence-corrected chi connectivity index (χ3v) is 4.59. The number of ketones is 1. The number of benzene rings is 1. The summed E-state index contributed by atoms with van der Waals surface area (Å²) in [5, 5.41) is 0. The fraction of sp³-hybridized carbons (Fsp3) is 0.533. The summed E-state index contributed by atoms with van der Waals surface area (Å²) in [5.74, 6) is -0.487. The molecular weight excluding hydrogens is 309 g/mol. The van der Waals surface area contributed by atoms with E-state index in [1.54, 1.807) is 18.2 Å². The maximum absolute atomic E-state index is 13.3. The maximum atomic E-state index is 13.3. The van der Waals surface area contributed by atoms with Crippen molar-refractivity contribution < 1.29 is 21.8 Å². The Hall–Kier alpha value is -1.31. The Morgan fingerprint density at radius 1 is 1.27 bits per heavy atom. The van der Waals surface area contributed by atoms with E-state index in [0.717, 1.165) is 0 Å². The second-order valence-electron chi connectivity index (χ2n) is 4.89. The Labute approximate surface area is 131 Å².